The van der Waals surface area contributed by atoms with Gasteiger partial charge in [0.2, 0.25) is 0 Å². The first-order valence-electron chi connectivity index (χ1n) is 24.5. The van der Waals surface area contributed by atoms with E-state index in [-0.39, 0.29) is 0 Å². The monoisotopic (exact) mass is 954 g/mol. The van der Waals surface area contributed by atoms with Gasteiger partial charge >= 0.3 is 0 Å². The smallest absolute Gasteiger partial charge is 0.181 e. The third-order valence-electron chi connectivity index (χ3n) is 15.2. The summed E-state index contributed by atoms with van der Waals surface area (Å²) in [5.41, 5.74) is 7.07. The van der Waals surface area contributed by atoms with E-state index in [1.165, 1.54) is 94.9 Å². The molecule has 0 radical (unpaired) electrons. The first kappa shape index (κ1) is 41.7. The van der Waals surface area contributed by atoms with Crippen molar-refractivity contribution in [3.05, 3.63) is 279 Å². The number of hydrogen-bond donors (Lipinski definition) is 0. The summed E-state index contributed by atoms with van der Waals surface area (Å²) in [4.78, 5) is 2.69. The number of fused-ring (bicyclic) bond motifs is 8. The van der Waals surface area contributed by atoms with Crippen molar-refractivity contribution in [1.82, 2.24) is 9.13 Å². The van der Waals surface area contributed by atoms with Crippen molar-refractivity contribution in [1.29, 1.82) is 0 Å². The molecule has 0 unspecified atom stereocenters. The average Bonchev–Trinajstić information content (AvgIpc) is 3.97. The van der Waals surface area contributed by atoms with E-state index >= 15 is 0 Å². The summed E-state index contributed by atoms with van der Waals surface area (Å²) in [5.74, 6) is 0. The van der Waals surface area contributed by atoms with Gasteiger partial charge in [-0.05, 0) is 90.0 Å². The van der Waals surface area contributed by atoms with E-state index in [9.17, 15) is 0 Å². The van der Waals surface area contributed by atoms with Gasteiger partial charge in [-0.25, -0.2) is 0 Å². The molecule has 334 valence electrons. The molecule has 1 aliphatic rings. The second-order valence-electron chi connectivity index (χ2n) is 18.7. The molecular formula is C66H46N2SSi2. The Morgan fingerprint density at radius 1 is 0.310 bits per heavy atom. The lowest BCUT2D eigenvalue weighted by atomic mass is 10.1. The number of benzene rings is 11. The van der Waals surface area contributed by atoms with Crippen molar-refractivity contribution < 1.29 is 0 Å². The summed E-state index contributed by atoms with van der Waals surface area (Å²) in [6, 6.07) is 105. The number of aromatic nitrogens is 2. The Morgan fingerprint density at radius 3 is 1.35 bits per heavy atom. The van der Waals surface area contributed by atoms with Crippen molar-refractivity contribution in [2.24, 2.45) is 0 Å². The number of hydrogen-bond acceptors (Lipinski definition) is 1. The minimum atomic E-state index is -2.84. The molecule has 14 rings (SSSR count). The zero-order chi connectivity index (χ0) is 46.9. The molecular weight excluding hydrogens is 909 g/mol. The second-order valence-corrected chi connectivity index (χ2v) is 27.3. The highest BCUT2D eigenvalue weighted by molar-refractivity contribution is 8.00. The first-order chi connectivity index (χ1) is 35.2. The quantitative estimate of drug-likeness (QED) is 0.109. The van der Waals surface area contributed by atoms with Crippen molar-refractivity contribution in [3.63, 3.8) is 0 Å². The van der Waals surface area contributed by atoms with Crippen LogP contribution >= 0.6 is 11.8 Å². The van der Waals surface area contributed by atoms with Gasteiger partial charge in [-0.1, -0.05) is 242 Å². The van der Waals surface area contributed by atoms with Crippen molar-refractivity contribution in [2.75, 3.05) is 0 Å². The zero-order valence-electron chi connectivity index (χ0n) is 38.9. The molecule has 0 saturated carbocycles. The zero-order valence-corrected chi connectivity index (χ0v) is 41.7. The molecule has 0 saturated heterocycles. The summed E-state index contributed by atoms with van der Waals surface area (Å²) >= 11 is 1.91. The van der Waals surface area contributed by atoms with E-state index in [0.717, 1.165) is 11.4 Å². The lowest BCUT2D eigenvalue weighted by Gasteiger charge is -2.39. The minimum absolute atomic E-state index is 1.13. The van der Waals surface area contributed by atoms with Crippen LogP contribution in [0.1, 0.15) is 0 Å². The van der Waals surface area contributed by atoms with E-state index in [4.69, 9.17) is 0 Å². The SMILES string of the molecule is c1ccc([Si](c2ccccc2)(c2ccccc2)c2ccc(-n3c4ccccc4c4cccc(-n5c6ccccc6c6ccc([Si]7(c8ccccc8)c8ccccc8Sc8ccccc87)cc65)c43)cc2)cc1. The maximum atomic E-state index is 2.57. The Bertz CT molecular complexity index is 3990. The van der Waals surface area contributed by atoms with Gasteiger partial charge in [0.15, 0.2) is 16.1 Å². The van der Waals surface area contributed by atoms with Crippen LogP contribution < -0.4 is 41.5 Å². The summed E-state index contributed by atoms with van der Waals surface area (Å²) in [6.07, 6.45) is 0. The average molecular weight is 955 g/mol. The van der Waals surface area contributed by atoms with Gasteiger partial charge in [-0.15, -0.1) is 0 Å². The summed E-state index contributed by atoms with van der Waals surface area (Å²) < 4.78 is 5.09. The highest BCUT2D eigenvalue weighted by atomic mass is 32.2. The van der Waals surface area contributed by atoms with Gasteiger partial charge in [0.05, 0.1) is 27.8 Å². The van der Waals surface area contributed by atoms with Crippen LogP contribution in [0.5, 0.6) is 0 Å². The van der Waals surface area contributed by atoms with Crippen molar-refractivity contribution in [3.8, 4) is 11.4 Å². The van der Waals surface area contributed by atoms with Gasteiger partial charge in [-0.3, -0.25) is 0 Å². The van der Waals surface area contributed by atoms with E-state index < -0.39 is 16.1 Å². The predicted octanol–water partition coefficient (Wildman–Crippen LogP) is 11.1. The summed E-state index contributed by atoms with van der Waals surface area (Å²) in [6.45, 7) is 0. The number of para-hydroxylation sites is 3. The van der Waals surface area contributed by atoms with Gasteiger partial charge < -0.3 is 9.13 Å². The fourth-order valence-corrected chi connectivity index (χ4v) is 24.0. The maximum Gasteiger partial charge on any atom is 0.181 e. The molecule has 13 aromatic rings. The Labute approximate surface area is 419 Å². The first-order valence-corrected chi connectivity index (χ1v) is 29.3. The number of nitrogens with zero attached hydrogens (tertiary/aromatic N) is 2. The van der Waals surface area contributed by atoms with E-state index in [1.807, 2.05) is 11.8 Å². The fourth-order valence-electron chi connectivity index (χ4n) is 12.3. The van der Waals surface area contributed by atoms with Crippen LogP contribution in [-0.4, -0.2) is 25.3 Å². The molecule has 0 atom stereocenters. The lowest BCUT2D eigenvalue weighted by Crippen LogP contribution is -2.76. The molecule has 0 amide bonds. The van der Waals surface area contributed by atoms with Gasteiger partial charge in [-0.2, -0.15) is 0 Å². The largest absolute Gasteiger partial charge is 0.307 e. The van der Waals surface area contributed by atoms with Crippen LogP contribution in [-0.2, 0) is 0 Å². The highest BCUT2D eigenvalue weighted by Gasteiger charge is 2.47. The Morgan fingerprint density at radius 2 is 0.761 bits per heavy atom. The lowest BCUT2D eigenvalue weighted by molar-refractivity contribution is 1.13. The molecule has 0 bridgehead atoms. The summed E-state index contributed by atoms with van der Waals surface area (Å²) in [5, 5.41) is 16.1. The van der Waals surface area contributed by atoms with Gasteiger partial charge in [0.1, 0.15) is 0 Å². The van der Waals surface area contributed by atoms with E-state index in [0.29, 0.717) is 0 Å². The third-order valence-corrected chi connectivity index (χ3v) is 26.4. The second kappa shape index (κ2) is 16.7. The normalized spacial score (nSPS) is 13.1. The highest BCUT2D eigenvalue weighted by Crippen LogP contribution is 2.40. The fraction of sp³-hybridized carbons (Fsp3) is 0. The molecule has 3 heterocycles. The summed E-state index contributed by atoms with van der Waals surface area (Å²) in [7, 11) is -5.58. The van der Waals surface area contributed by atoms with Gasteiger partial charge in [0, 0.05) is 37.0 Å². The Kier molecular flexibility index (Phi) is 9.85. The van der Waals surface area contributed by atoms with Crippen molar-refractivity contribution >= 4 is 113 Å². The predicted molar refractivity (Wildman–Crippen MR) is 306 cm³/mol. The van der Waals surface area contributed by atoms with Crippen LogP contribution in [0.2, 0.25) is 0 Å². The molecule has 1 aliphatic heterocycles. The molecule has 11 aromatic carbocycles. The molecule has 0 spiro atoms. The molecule has 2 nitrogen and oxygen atoms in total. The van der Waals surface area contributed by atoms with Crippen molar-refractivity contribution in [2.45, 2.75) is 9.79 Å². The van der Waals surface area contributed by atoms with Gasteiger partial charge in [0.25, 0.3) is 0 Å². The van der Waals surface area contributed by atoms with E-state index in [1.54, 1.807) is 0 Å². The molecule has 2 aromatic heterocycles. The molecule has 0 N–H and O–H groups in total. The maximum absolute atomic E-state index is 2.84. The van der Waals surface area contributed by atoms with E-state index in [2.05, 4.69) is 288 Å². The Hall–Kier alpha value is -8.20. The van der Waals surface area contributed by atoms with Crippen LogP contribution in [0.15, 0.2) is 289 Å². The third kappa shape index (κ3) is 6.20. The number of rotatable bonds is 8. The standard InChI is InChI=1S/C66H46N2SSi2/c1-5-22-48(23-6-1)70(49-24-7-2-8-25-49,50-26-9-3-10-27-50)52-42-40-47(41-43-52)67-58-33-15-14-31-55(58)57-32-21-35-60(66(57)67)68-59-34-16-13-30-54(59)56-45-44-53(46-61(56)68)71(51-28-11-4-12-29-51)64-38-19-17-36-62(64)69-63-37-18-20-39-65(63)71/h1-46H. The van der Waals surface area contributed by atoms with Crippen LogP contribution in [0.3, 0.4) is 0 Å². The van der Waals surface area contributed by atoms with Crippen LogP contribution in [0.25, 0.3) is 55.0 Å². The molecule has 71 heavy (non-hydrogen) atoms. The topological polar surface area (TPSA) is 9.86 Å². The molecule has 0 fully saturated rings. The Balaban J connectivity index is 1.04. The molecule has 5 heteroatoms. The minimum Gasteiger partial charge on any atom is -0.307 e. The van der Waals surface area contributed by atoms with Crippen LogP contribution in [0.4, 0.5) is 0 Å². The molecule has 0 aliphatic carbocycles. The van der Waals surface area contributed by atoms with Crippen LogP contribution in [0, 0.1) is 0 Å².